The van der Waals surface area contributed by atoms with E-state index in [0.717, 1.165) is 31.4 Å². The zero-order valence-electron chi connectivity index (χ0n) is 10.5. The molecule has 0 bridgehead atoms. The van der Waals surface area contributed by atoms with Gasteiger partial charge in [-0.2, -0.15) is 0 Å². The number of nitrogens with zero attached hydrogens (tertiary/aromatic N) is 1. The minimum absolute atomic E-state index is 0.169. The molecule has 3 heteroatoms. The van der Waals surface area contributed by atoms with Gasteiger partial charge < -0.3 is 9.88 Å². The van der Waals surface area contributed by atoms with Gasteiger partial charge in [0.1, 0.15) is 5.82 Å². The van der Waals surface area contributed by atoms with Gasteiger partial charge in [-0.15, -0.1) is 0 Å². The van der Waals surface area contributed by atoms with Crippen molar-refractivity contribution in [2.75, 3.05) is 13.1 Å². The highest BCUT2D eigenvalue weighted by molar-refractivity contribution is 5.84. The van der Waals surface area contributed by atoms with Gasteiger partial charge in [-0.1, -0.05) is 6.92 Å². The van der Waals surface area contributed by atoms with Gasteiger partial charge in [0.2, 0.25) is 0 Å². The molecule has 0 spiro atoms. The van der Waals surface area contributed by atoms with Crippen molar-refractivity contribution in [2.24, 2.45) is 7.05 Å². The van der Waals surface area contributed by atoms with Crippen LogP contribution < -0.4 is 5.32 Å². The first-order chi connectivity index (χ1) is 8.22. The standard InChI is InChI=1S/C14H19FN2/c1-3-16-8-4-5-11-10-17(2)14-9-12(15)6-7-13(11)14/h6-7,9-10,16H,3-5,8H2,1-2H3. The second-order valence-corrected chi connectivity index (χ2v) is 4.38. The number of nitrogens with one attached hydrogen (secondary N) is 1. The summed E-state index contributed by atoms with van der Waals surface area (Å²) in [4.78, 5) is 0. The molecule has 0 fully saturated rings. The van der Waals surface area contributed by atoms with Crippen molar-refractivity contribution in [1.29, 1.82) is 0 Å². The molecule has 1 aromatic carbocycles. The summed E-state index contributed by atoms with van der Waals surface area (Å²) in [7, 11) is 1.97. The van der Waals surface area contributed by atoms with Crippen LogP contribution in [0, 0.1) is 5.82 Å². The predicted octanol–water partition coefficient (Wildman–Crippen LogP) is 2.86. The largest absolute Gasteiger partial charge is 0.350 e. The molecule has 0 saturated heterocycles. The number of aryl methyl sites for hydroxylation is 2. The normalized spacial score (nSPS) is 11.2. The van der Waals surface area contributed by atoms with E-state index in [0.29, 0.717) is 0 Å². The Balaban J connectivity index is 2.17. The minimum atomic E-state index is -0.169. The first-order valence-electron chi connectivity index (χ1n) is 6.16. The molecule has 1 heterocycles. The summed E-state index contributed by atoms with van der Waals surface area (Å²) in [5, 5.41) is 4.49. The monoisotopic (exact) mass is 234 g/mol. The highest BCUT2D eigenvalue weighted by Gasteiger charge is 2.06. The summed E-state index contributed by atoms with van der Waals surface area (Å²) in [6.07, 6.45) is 4.26. The lowest BCUT2D eigenvalue weighted by Crippen LogP contribution is -2.14. The summed E-state index contributed by atoms with van der Waals surface area (Å²) >= 11 is 0. The zero-order valence-corrected chi connectivity index (χ0v) is 10.5. The van der Waals surface area contributed by atoms with E-state index in [2.05, 4.69) is 18.4 Å². The van der Waals surface area contributed by atoms with Crippen molar-refractivity contribution in [2.45, 2.75) is 19.8 Å². The van der Waals surface area contributed by atoms with Gasteiger partial charge in [0.05, 0.1) is 5.52 Å². The minimum Gasteiger partial charge on any atom is -0.350 e. The number of aromatic nitrogens is 1. The second kappa shape index (κ2) is 5.32. The van der Waals surface area contributed by atoms with Crippen LogP contribution in [0.4, 0.5) is 4.39 Å². The van der Waals surface area contributed by atoms with Crippen LogP contribution in [0.3, 0.4) is 0 Å². The Morgan fingerprint density at radius 3 is 2.94 bits per heavy atom. The third kappa shape index (κ3) is 2.67. The molecular formula is C14H19FN2. The average Bonchev–Trinajstić information content (AvgIpc) is 2.62. The van der Waals surface area contributed by atoms with Crippen molar-refractivity contribution in [1.82, 2.24) is 9.88 Å². The third-order valence-electron chi connectivity index (χ3n) is 3.08. The zero-order chi connectivity index (χ0) is 12.3. The molecule has 0 unspecified atom stereocenters. The molecule has 0 aliphatic rings. The average molecular weight is 234 g/mol. The van der Waals surface area contributed by atoms with Crippen LogP contribution >= 0.6 is 0 Å². The number of hydrogen-bond donors (Lipinski definition) is 1. The second-order valence-electron chi connectivity index (χ2n) is 4.38. The van der Waals surface area contributed by atoms with E-state index >= 15 is 0 Å². The van der Waals surface area contributed by atoms with Crippen molar-refractivity contribution in [3.63, 3.8) is 0 Å². The van der Waals surface area contributed by atoms with Crippen LogP contribution in [-0.4, -0.2) is 17.7 Å². The van der Waals surface area contributed by atoms with Crippen LogP contribution in [-0.2, 0) is 13.5 Å². The maximum Gasteiger partial charge on any atom is 0.125 e. The fraction of sp³-hybridized carbons (Fsp3) is 0.429. The number of benzene rings is 1. The highest BCUT2D eigenvalue weighted by atomic mass is 19.1. The first-order valence-corrected chi connectivity index (χ1v) is 6.16. The molecule has 2 rings (SSSR count). The van der Waals surface area contributed by atoms with Crippen LogP contribution in [0.1, 0.15) is 18.9 Å². The van der Waals surface area contributed by atoms with Crippen LogP contribution in [0.25, 0.3) is 10.9 Å². The Hall–Kier alpha value is -1.35. The van der Waals surface area contributed by atoms with E-state index in [9.17, 15) is 4.39 Å². The molecule has 0 atom stereocenters. The van der Waals surface area contributed by atoms with Gasteiger partial charge in [0, 0.05) is 18.6 Å². The van der Waals surface area contributed by atoms with Gasteiger partial charge in [0.25, 0.3) is 0 Å². The fourth-order valence-corrected chi connectivity index (χ4v) is 2.22. The van der Waals surface area contributed by atoms with E-state index < -0.39 is 0 Å². The Morgan fingerprint density at radius 1 is 1.35 bits per heavy atom. The van der Waals surface area contributed by atoms with E-state index in [-0.39, 0.29) is 5.82 Å². The molecule has 0 saturated carbocycles. The molecule has 2 nitrogen and oxygen atoms in total. The van der Waals surface area contributed by atoms with Crippen LogP contribution in [0.5, 0.6) is 0 Å². The maximum atomic E-state index is 13.2. The summed E-state index contributed by atoms with van der Waals surface area (Å²) in [5.41, 5.74) is 2.28. The lowest BCUT2D eigenvalue weighted by Gasteiger charge is -2.01. The lowest BCUT2D eigenvalue weighted by molar-refractivity contribution is 0.629. The van der Waals surface area contributed by atoms with Gasteiger partial charge in [-0.05, 0) is 49.7 Å². The SMILES string of the molecule is CCNCCCc1cn(C)c2cc(F)ccc12. The van der Waals surface area contributed by atoms with Gasteiger partial charge in [-0.3, -0.25) is 0 Å². The van der Waals surface area contributed by atoms with Crippen molar-refractivity contribution in [3.8, 4) is 0 Å². The number of fused-ring (bicyclic) bond motifs is 1. The molecule has 2 aromatic rings. The molecule has 0 radical (unpaired) electrons. The lowest BCUT2D eigenvalue weighted by atomic mass is 10.1. The molecule has 17 heavy (non-hydrogen) atoms. The number of rotatable bonds is 5. The maximum absolute atomic E-state index is 13.2. The molecule has 1 N–H and O–H groups in total. The fourth-order valence-electron chi connectivity index (χ4n) is 2.22. The van der Waals surface area contributed by atoms with E-state index in [4.69, 9.17) is 0 Å². The molecule has 92 valence electrons. The summed E-state index contributed by atoms with van der Waals surface area (Å²) in [6.45, 7) is 4.16. The van der Waals surface area contributed by atoms with Crippen LogP contribution in [0.15, 0.2) is 24.4 Å². The molecule has 0 aliphatic carbocycles. The van der Waals surface area contributed by atoms with Gasteiger partial charge in [0.15, 0.2) is 0 Å². The topological polar surface area (TPSA) is 17.0 Å². The Bertz CT molecular complexity index is 502. The Labute approximate surface area is 101 Å². The van der Waals surface area contributed by atoms with E-state index in [1.54, 1.807) is 6.07 Å². The van der Waals surface area contributed by atoms with Gasteiger partial charge >= 0.3 is 0 Å². The highest BCUT2D eigenvalue weighted by Crippen LogP contribution is 2.22. The van der Waals surface area contributed by atoms with Gasteiger partial charge in [-0.25, -0.2) is 4.39 Å². The molecule has 1 aromatic heterocycles. The Morgan fingerprint density at radius 2 is 2.18 bits per heavy atom. The third-order valence-corrected chi connectivity index (χ3v) is 3.08. The van der Waals surface area contributed by atoms with E-state index in [1.165, 1.54) is 17.0 Å². The predicted molar refractivity (Wildman–Crippen MR) is 69.7 cm³/mol. The van der Waals surface area contributed by atoms with Crippen LogP contribution in [0.2, 0.25) is 0 Å². The number of hydrogen-bond acceptors (Lipinski definition) is 1. The summed E-state index contributed by atoms with van der Waals surface area (Å²) < 4.78 is 15.2. The van der Waals surface area contributed by atoms with Crippen molar-refractivity contribution < 1.29 is 4.39 Å². The number of halogens is 1. The summed E-state index contributed by atoms with van der Waals surface area (Å²) in [5.74, 6) is -0.169. The smallest absolute Gasteiger partial charge is 0.125 e. The Kier molecular flexibility index (Phi) is 3.79. The molecule has 0 amide bonds. The molecular weight excluding hydrogens is 215 g/mol. The van der Waals surface area contributed by atoms with E-state index in [1.807, 2.05) is 17.7 Å². The first kappa shape index (κ1) is 12.1. The molecule has 0 aliphatic heterocycles. The van der Waals surface area contributed by atoms with Crippen molar-refractivity contribution in [3.05, 3.63) is 35.8 Å². The summed E-state index contributed by atoms with van der Waals surface area (Å²) in [6, 6.07) is 5.02. The van der Waals surface area contributed by atoms with Crippen molar-refractivity contribution >= 4 is 10.9 Å². The quantitative estimate of drug-likeness (QED) is 0.787.